The third-order valence-corrected chi connectivity index (χ3v) is 3.95. The molecule has 1 aromatic rings. The second kappa shape index (κ2) is 4.38. The Balaban J connectivity index is 2.19. The molecule has 1 aliphatic carbocycles. The largest absolute Gasteiger partial charge is 0.390 e. The van der Waals surface area contributed by atoms with Gasteiger partial charge in [0.15, 0.2) is 0 Å². The normalized spacial score (nSPS) is 24.7. The zero-order chi connectivity index (χ0) is 13.4. The van der Waals surface area contributed by atoms with Crippen LogP contribution in [0, 0.1) is 10.8 Å². The van der Waals surface area contributed by atoms with Gasteiger partial charge in [0.2, 0.25) is 0 Å². The predicted molar refractivity (Wildman–Crippen MR) is 76.5 cm³/mol. The molecule has 1 nitrogen and oxygen atoms in total. The molecule has 0 bridgehead atoms. The lowest BCUT2D eigenvalue weighted by atomic mass is 9.58. The van der Waals surface area contributed by atoms with Crippen LogP contribution in [-0.4, -0.2) is 10.7 Å². The monoisotopic (exact) mass is 246 g/mol. The first-order chi connectivity index (χ1) is 8.20. The van der Waals surface area contributed by atoms with E-state index >= 15 is 0 Å². The third-order valence-electron chi connectivity index (χ3n) is 3.95. The summed E-state index contributed by atoms with van der Waals surface area (Å²) in [6, 6.07) is 10.4. The smallest absolute Gasteiger partial charge is 0.0698 e. The lowest BCUT2D eigenvalue weighted by Crippen LogP contribution is -2.47. The van der Waals surface area contributed by atoms with E-state index in [9.17, 15) is 5.11 Å². The molecule has 1 heteroatoms. The van der Waals surface area contributed by atoms with Crippen LogP contribution in [0.25, 0.3) is 0 Å². The van der Waals surface area contributed by atoms with E-state index in [2.05, 4.69) is 52.0 Å². The highest BCUT2D eigenvalue weighted by Gasteiger charge is 2.46. The van der Waals surface area contributed by atoms with E-state index in [-0.39, 0.29) is 10.8 Å². The summed E-state index contributed by atoms with van der Waals surface area (Å²) in [6.45, 7) is 9.13. The highest BCUT2D eigenvalue weighted by molar-refractivity contribution is 5.18. The van der Waals surface area contributed by atoms with E-state index < -0.39 is 5.60 Å². The molecule has 0 heterocycles. The van der Waals surface area contributed by atoms with Crippen molar-refractivity contribution < 1.29 is 5.11 Å². The van der Waals surface area contributed by atoms with Gasteiger partial charge in [-0.25, -0.2) is 0 Å². The number of hydrogen-bond donors (Lipinski definition) is 1. The van der Waals surface area contributed by atoms with E-state index in [0.717, 1.165) is 19.3 Å². The Hall–Kier alpha value is -0.820. The van der Waals surface area contributed by atoms with Crippen molar-refractivity contribution >= 4 is 0 Å². The van der Waals surface area contributed by atoms with Gasteiger partial charge in [-0.1, -0.05) is 58.0 Å². The van der Waals surface area contributed by atoms with Gasteiger partial charge >= 0.3 is 0 Å². The Morgan fingerprint density at radius 1 is 0.889 bits per heavy atom. The zero-order valence-corrected chi connectivity index (χ0v) is 12.2. The fourth-order valence-corrected chi connectivity index (χ4v) is 4.37. The summed E-state index contributed by atoms with van der Waals surface area (Å²) in [5.74, 6) is 0. The van der Waals surface area contributed by atoms with Crippen molar-refractivity contribution in [3.05, 3.63) is 35.9 Å². The Labute approximate surface area is 111 Å². The molecule has 1 aromatic carbocycles. The minimum atomic E-state index is -0.549. The summed E-state index contributed by atoms with van der Waals surface area (Å²) in [5.41, 5.74) is 1.15. The summed E-state index contributed by atoms with van der Waals surface area (Å²) in [6.07, 6.45) is 3.77. The topological polar surface area (TPSA) is 20.2 Å². The summed E-state index contributed by atoms with van der Waals surface area (Å²) in [7, 11) is 0. The van der Waals surface area contributed by atoms with Crippen LogP contribution < -0.4 is 0 Å². The third kappa shape index (κ3) is 3.35. The Kier molecular flexibility index (Phi) is 3.31. The van der Waals surface area contributed by atoms with Gasteiger partial charge in [-0.2, -0.15) is 0 Å². The molecule has 0 unspecified atom stereocenters. The molecule has 18 heavy (non-hydrogen) atoms. The van der Waals surface area contributed by atoms with Crippen LogP contribution in [0.2, 0.25) is 0 Å². The molecule has 1 N–H and O–H groups in total. The second-order valence-corrected chi connectivity index (χ2v) is 7.75. The fourth-order valence-electron chi connectivity index (χ4n) is 4.37. The van der Waals surface area contributed by atoms with Crippen molar-refractivity contribution in [1.29, 1.82) is 0 Å². The lowest BCUT2D eigenvalue weighted by Gasteiger charge is -2.49. The minimum absolute atomic E-state index is 0.227. The van der Waals surface area contributed by atoms with Crippen molar-refractivity contribution in [1.82, 2.24) is 0 Å². The van der Waals surface area contributed by atoms with Gasteiger partial charge in [0.05, 0.1) is 5.60 Å². The van der Waals surface area contributed by atoms with Crippen LogP contribution in [0.15, 0.2) is 30.3 Å². The Morgan fingerprint density at radius 3 is 1.89 bits per heavy atom. The van der Waals surface area contributed by atoms with Crippen molar-refractivity contribution in [2.45, 2.75) is 59.0 Å². The summed E-state index contributed by atoms with van der Waals surface area (Å²) in [4.78, 5) is 0. The van der Waals surface area contributed by atoms with Crippen LogP contribution in [-0.2, 0) is 6.42 Å². The first-order valence-electron chi connectivity index (χ1n) is 6.96. The number of hydrogen-bond acceptors (Lipinski definition) is 1. The van der Waals surface area contributed by atoms with Gasteiger partial charge in [0, 0.05) is 6.42 Å². The fraction of sp³-hybridized carbons (Fsp3) is 0.647. The SMILES string of the molecule is CC1(C)CC(C)(C)CC(O)(Cc2ccccc2)C1. The van der Waals surface area contributed by atoms with Crippen molar-refractivity contribution in [3.63, 3.8) is 0 Å². The van der Waals surface area contributed by atoms with E-state index in [1.807, 2.05) is 6.07 Å². The van der Waals surface area contributed by atoms with Gasteiger partial charge in [-0.3, -0.25) is 0 Å². The van der Waals surface area contributed by atoms with Gasteiger partial charge in [-0.05, 0) is 35.7 Å². The highest BCUT2D eigenvalue weighted by Crippen LogP contribution is 2.50. The zero-order valence-electron chi connectivity index (χ0n) is 12.2. The van der Waals surface area contributed by atoms with E-state index in [0.29, 0.717) is 0 Å². The Bertz CT molecular complexity index is 387. The van der Waals surface area contributed by atoms with Crippen molar-refractivity contribution in [3.8, 4) is 0 Å². The summed E-state index contributed by atoms with van der Waals surface area (Å²) >= 11 is 0. The molecule has 0 saturated heterocycles. The molecule has 0 spiro atoms. The summed E-state index contributed by atoms with van der Waals surface area (Å²) in [5, 5.41) is 11.0. The minimum Gasteiger partial charge on any atom is -0.390 e. The van der Waals surface area contributed by atoms with Crippen LogP contribution in [0.3, 0.4) is 0 Å². The molecule has 0 atom stereocenters. The van der Waals surface area contributed by atoms with Crippen LogP contribution in [0.1, 0.15) is 52.5 Å². The first-order valence-corrected chi connectivity index (χ1v) is 6.96. The molecule has 0 aliphatic heterocycles. The molecule has 1 aliphatic rings. The molecule has 0 amide bonds. The highest BCUT2D eigenvalue weighted by atomic mass is 16.3. The molecule has 1 saturated carbocycles. The molecule has 1 fully saturated rings. The maximum atomic E-state index is 11.0. The van der Waals surface area contributed by atoms with Gasteiger partial charge in [0.25, 0.3) is 0 Å². The van der Waals surface area contributed by atoms with Crippen molar-refractivity contribution in [2.75, 3.05) is 0 Å². The van der Waals surface area contributed by atoms with Crippen LogP contribution in [0.4, 0.5) is 0 Å². The second-order valence-electron chi connectivity index (χ2n) is 7.75. The maximum Gasteiger partial charge on any atom is 0.0698 e. The average molecular weight is 246 g/mol. The summed E-state index contributed by atoms with van der Waals surface area (Å²) < 4.78 is 0. The van der Waals surface area contributed by atoms with Crippen LogP contribution in [0.5, 0.6) is 0 Å². The van der Waals surface area contributed by atoms with Gasteiger partial charge in [0.1, 0.15) is 0 Å². The molecule has 0 aromatic heterocycles. The van der Waals surface area contributed by atoms with Gasteiger partial charge in [-0.15, -0.1) is 0 Å². The molecule has 0 radical (unpaired) electrons. The lowest BCUT2D eigenvalue weighted by molar-refractivity contribution is -0.0850. The number of benzene rings is 1. The average Bonchev–Trinajstić information content (AvgIpc) is 2.11. The maximum absolute atomic E-state index is 11.0. The first kappa shape index (κ1) is 13.6. The number of rotatable bonds is 2. The molecular formula is C17H26O. The standard InChI is InChI=1S/C17H26O/c1-15(2)11-16(3,4)13-17(18,12-15)10-14-8-6-5-7-9-14/h5-9,18H,10-13H2,1-4H3. The molecule has 100 valence electrons. The van der Waals surface area contributed by atoms with Gasteiger partial charge < -0.3 is 5.11 Å². The van der Waals surface area contributed by atoms with E-state index in [4.69, 9.17) is 0 Å². The van der Waals surface area contributed by atoms with E-state index in [1.165, 1.54) is 12.0 Å². The molecular weight excluding hydrogens is 220 g/mol. The number of aliphatic hydroxyl groups is 1. The molecule has 2 rings (SSSR count). The Morgan fingerprint density at radius 2 is 1.39 bits per heavy atom. The van der Waals surface area contributed by atoms with Crippen molar-refractivity contribution in [2.24, 2.45) is 10.8 Å². The quantitative estimate of drug-likeness (QED) is 0.829. The van der Waals surface area contributed by atoms with E-state index in [1.54, 1.807) is 0 Å². The predicted octanol–water partition coefficient (Wildman–Crippen LogP) is 4.20. The van der Waals surface area contributed by atoms with Crippen LogP contribution >= 0.6 is 0 Å².